The third-order valence-corrected chi connectivity index (χ3v) is 4.92. The lowest BCUT2D eigenvalue weighted by Crippen LogP contribution is -2.29. The van der Waals surface area contributed by atoms with Gasteiger partial charge in [-0.05, 0) is 36.8 Å². The van der Waals surface area contributed by atoms with Gasteiger partial charge < -0.3 is 13.9 Å². The normalized spacial score (nSPS) is 12.8. The summed E-state index contributed by atoms with van der Waals surface area (Å²) in [5, 5.41) is 7.66. The molecule has 0 unspecified atom stereocenters. The van der Waals surface area contributed by atoms with Crippen molar-refractivity contribution in [3.63, 3.8) is 0 Å². The number of benzene rings is 2. The highest BCUT2D eigenvalue weighted by Crippen LogP contribution is 2.27. The van der Waals surface area contributed by atoms with Gasteiger partial charge in [0.15, 0.2) is 6.61 Å². The Morgan fingerprint density at radius 1 is 1.00 bits per heavy atom. The van der Waals surface area contributed by atoms with E-state index in [2.05, 4.69) is 10.2 Å². The van der Waals surface area contributed by atoms with Crippen LogP contribution >= 0.6 is 0 Å². The van der Waals surface area contributed by atoms with E-state index in [0.29, 0.717) is 41.4 Å². The lowest BCUT2D eigenvalue weighted by Gasteiger charge is -2.16. The minimum atomic E-state index is -0.645. The van der Waals surface area contributed by atoms with Gasteiger partial charge >= 0.3 is 5.97 Å². The van der Waals surface area contributed by atoms with E-state index < -0.39 is 5.97 Å². The lowest BCUT2D eigenvalue weighted by molar-refractivity contribution is 0.0432. The predicted molar refractivity (Wildman–Crippen MR) is 111 cm³/mol. The van der Waals surface area contributed by atoms with Gasteiger partial charge in [0.1, 0.15) is 11.3 Å². The summed E-state index contributed by atoms with van der Waals surface area (Å²) < 4.78 is 16.2. The minimum Gasteiger partial charge on any atom is -0.493 e. The summed E-state index contributed by atoms with van der Waals surface area (Å²) in [5.41, 5.74) is 1.50. The summed E-state index contributed by atoms with van der Waals surface area (Å²) in [5.74, 6) is -0.403. The van der Waals surface area contributed by atoms with E-state index in [9.17, 15) is 14.4 Å². The Kier molecular flexibility index (Phi) is 5.98. The van der Waals surface area contributed by atoms with Crippen molar-refractivity contribution in [3.05, 3.63) is 76.5 Å². The molecule has 9 nitrogen and oxygen atoms in total. The van der Waals surface area contributed by atoms with Crippen LogP contribution < -0.4 is 4.74 Å². The standard InChI is InChI=1S/C23H21N3O6/c1-3-19-24-25-20(32-19)13-31-23(29)17-11-14(9-10-18(17)30-4-2)12-26-21(27)15-7-5-6-8-16(15)22(26)28/h5-11H,3-4,12-13H2,1-2H3. The molecule has 0 atom stereocenters. The van der Waals surface area contributed by atoms with Crippen molar-refractivity contribution >= 4 is 17.8 Å². The molecule has 9 heteroatoms. The van der Waals surface area contributed by atoms with Gasteiger partial charge in [-0.1, -0.05) is 25.1 Å². The molecule has 0 spiro atoms. The van der Waals surface area contributed by atoms with Crippen LogP contribution in [0.3, 0.4) is 0 Å². The first-order valence-corrected chi connectivity index (χ1v) is 10.2. The van der Waals surface area contributed by atoms with Gasteiger partial charge in [0.05, 0.1) is 24.3 Å². The van der Waals surface area contributed by atoms with Gasteiger partial charge in [0, 0.05) is 6.42 Å². The maximum Gasteiger partial charge on any atom is 0.342 e. The van der Waals surface area contributed by atoms with Crippen molar-refractivity contribution in [2.24, 2.45) is 0 Å². The second-order valence-corrected chi connectivity index (χ2v) is 7.02. The SMILES string of the molecule is CCOc1ccc(CN2C(=O)c3ccccc3C2=O)cc1C(=O)OCc1nnc(CC)o1. The summed E-state index contributed by atoms with van der Waals surface area (Å²) in [6, 6.07) is 11.6. The molecule has 4 rings (SSSR count). The average molecular weight is 435 g/mol. The fraction of sp³-hybridized carbons (Fsp3) is 0.261. The quantitative estimate of drug-likeness (QED) is 0.392. The van der Waals surface area contributed by atoms with Gasteiger partial charge in [-0.25, -0.2) is 4.79 Å². The lowest BCUT2D eigenvalue weighted by atomic mass is 10.1. The number of carbonyl (C=O) groups is 3. The maximum atomic E-state index is 12.7. The number of ether oxygens (including phenoxy) is 2. The highest BCUT2D eigenvalue weighted by Gasteiger charge is 2.35. The molecule has 2 amide bonds. The molecule has 0 radical (unpaired) electrons. The monoisotopic (exact) mass is 435 g/mol. The molecule has 32 heavy (non-hydrogen) atoms. The second-order valence-electron chi connectivity index (χ2n) is 7.02. The molecule has 0 N–H and O–H groups in total. The number of carbonyl (C=O) groups excluding carboxylic acids is 3. The molecular formula is C23H21N3O6. The Bertz CT molecular complexity index is 1150. The smallest absolute Gasteiger partial charge is 0.342 e. The predicted octanol–water partition coefficient (Wildman–Crippen LogP) is 3.18. The first-order chi connectivity index (χ1) is 15.5. The molecule has 0 fully saturated rings. The number of imide groups is 1. The molecule has 2 aromatic carbocycles. The number of rotatable bonds is 8. The zero-order valence-electron chi connectivity index (χ0n) is 17.7. The van der Waals surface area contributed by atoms with E-state index in [-0.39, 0.29) is 36.4 Å². The van der Waals surface area contributed by atoms with Gasteiger partial charge in [-0.3, -0.25) is 14.5 Å². The molecule has 0 saturated heterocycles. The molecule has 0 saturated carbocycles. The molecular weight excluding hydrogens is 414 g/mol. The number of fused-ring (bicyclic) bond motifs is 1. The van der Waals surface area contributed by atoms with Crippen molar-refractivity contribution < 1.29 is 28.3 Å². The first kappa shape index (κ1) is 21.2. The highest BCUT2D eigenvalue weighted by atomic mass is 16.5. The Morgan fingerprint density at radius 3 is 2.31 bits per heavy atom. The Morgan fingerprint density at radius 2 is 1.69 bits per heavy atom. The Hall–Kier alpha value is -4.01. The van der Waals surface area contributed by atoms with Crippen LogP contribution in [0.1, 0.15) is 62.3 Å². The molecule has 1 aliphatic heterocycles. The van der Waals surface area contributed by atoms with E-state index in [1.807, 2.05) is 6.92 Å². The van der Waals surface area contributed by atoms with Crippen LogP contribution in [0.25, 0.3) is 0 Å². The summed E-state index contributed by atoms with van der Waals surface area (Å²) in [6.45, 7) is 3.86. The van der Waals surface area contributed by atoms with Crippen molar-refractivity contribution in [3.8, 4) is 5.75 Å². The maximum absolute atomic E-state index is 12.7. The average Bonchev–Trinajstić information content (AvgIpc) is 3.37. The van der Waals surface area contributed by atoms with Crippen molar-refractivity contribution in [2.75, 3.05) is 6.61 Å². The van der Waals surface area contributed by atoms with Crippen LogP contribution in [0.4, 0.5) is 0 Å². The van der Waals surface area contributed by atoms with Crippen LogP contribution in [0.5, 0.6) is 5.75 Å². The molecule has 2 heterocycles. The molecule has 3 aromatic rings. The van der Waals surface area contributed by atoms with E-state index in [1.165, 1.54) is 0 Å². The van der Waals surface area contributed by atoms with Crippen LogP contribution in [-0.4, -0.2) is 39.5 Å². The third kappa shape index (κ3) is 4.09. The summed E-state index contributed by atoms with van der Waals surface area (Å²) in [4.78, 5) is 39.2. The minimum absolute atomic E-state index is 0.0164. The number of nitrogens with zero attached hydrogens (tertiary/aromatic N) is 3. The Balaban J connectivity index is 1.53. The van der Waals surface area contributed by atoms with Crippen LogP contribution in [0.2, 0.25) is 0 Å². The molecule has 1 aromatic heterocycles. The van der Waals surface area contributed by atoms with Gasteiger partial charge in [0.25, 0.3) is 17.7 Å². The molecule has 164 valence electrons. The fourth-order valence-corrected chi connectivity index (χ4v) is 3.38. The third-order valence-electron chi connectivity index (χ3n) is 4.92. The topological polar surface area (TPSA) is 112 Å². The fourth-order valence-electron chi connectivity index (χ4n) is 3.38. The van der Waals surface area contributed by atoms with Crippen LogP contribution in [0.15, 0.2) is 46.9 Å². The zero-order valence-corrected chi connectivity index (χ0v) is 17.7. The first-order valence-electron chi connectivity index (χ1n) is 10.2. The number of aryl methyl sites for hydroxylation is 1. The highest BCUT2D eigenvalue weighted by molar-refractivity contribution is 6.21. The van der Waals surface area contributed by atoms with E-state index in [0.717, 1.165) is 4.90 Å². The van der Waals surface area contributed by atoms with E-state index in [1.54, 1.807) is 49.4 Å². The number of esters is 1. The summed E-state index contributed by atoms with van der Waals surface area (Å²) >= 11 is 0. The summed E-state index contributed by atoms with van der Waals surface area (Å²) in [6.07, 6.45) is 0.579. The number of aromatic nitrogens is 2. The molecule has 1 aliphatic rings. The molecule has 0 aliphatic carbocycles. The van der Waals surface area contributed by atoms with Gasteiger partial charge in [0.2, 0.25) is 5.89 Å². The van der Waals surface area contributed by atoms with Gasteiger partial charge in [-0.15, -0.1) is 10.2 Å². The Labute approximate surface area is 183 Å². The van der Waals surface area contributed by atoms with E-state index in [4.69, 9.17) is 13.9 Å². The van der Waals surface area contributed by atoms with Crippen LogP contribution in [-0.2, 0) is 24.3 Å². The second kappa shape index (κ2) is 9.01. The zero-order chi connectivity index (χ0) is 22.7. The van der Waals surface area contributed by atoms with Crippen molar-refractivity contribution in [2.45, 2.75) is 33.4 Å². The molecule has 0 bridgehead atoms. The summed E-state index contributed by atoms with van der Waals surface area (Å²) in [7, 11) is 0. The largest absolute Gasteiger partial charge is 0.493 e. The van der Waals surface area contributed by atoms with Gasteiger partial charge in [-0.2, -0.15) is 0 Å². The van der Waals surface area contributed by atoms with Crippen molar-refractivity contribution in [1.82, 2.24) is 15.1 Å². The number of amides is 2. The number of hydrogen-bond donors (Lipinski definition) is 0. The van der Waals surface area contributed by atoms with Crippen LogP contribution in [0, 0.1) is 0 Å². The number of hydrogen-bond acceptors (Lipinski definition) is 8. The van der Waals surface area contributed by atoms with E-state index >= 15 is 0 Å². The van der Waals surface area contributed by atoms with Crippen molar-refractivity contribution in [1.29, 1.82) is 0 Å².